The lowest BCUT2D eigenvalue weighted by atomic mass is 10.2. The van der Waals surface area contributed by atoms with Crippen molar-refractivity contribution in [1.82, 2.24) is 10.6 Å². The van der Waals surface area contributed by atoms with Crippen molar-refractivity contribution >= 4 is 28.2 Å². The Balaban J connectivity index is 1.69. The summed E-state index contributed by atoms with van der Waals surface area (Å²) in [7, 11) is -0.352. The summed E-state index contributed by atoms with van der Waals surface area (Å²) in [4.78, 5) is 22.7. The van der Waals surface area contributed by atoms with Gasteiger partial charge in [0.2, 0.25) is 11.8 Å². The van der Waals surface area contributed by atoms with Crippen LogP contribution in [0.5, 0.6) is 0 Å². The van der Waals surface area contributed by atoms with Crippen molar-refractivity contribution in [2.75, 3.05) is 11.6 Å². The summed E-state index contributed by atoms with van der Waals surface area (Å²) in [6.45, 7) is 2.22. The molecule has 21 heavy (non-hydrogen) atoms. The van der Waals surface area contributed by atoms with Gasteiger partial charge >= 0.3 is 0 Å². The largest absolute Gasteiger partial charge is 0.467 e. The molecule has 0 spiro atoms. The van der Waals surface area contributed by atoms with E-state index in [9.17, 15) is 9.59 Å². The van der Waals surface area contributed by atoms with E-state index in [1.54, 1.807) is 12.3 Å². The number of carbonyl (C=O) groups is 2. The lowest BCUT2D eigenvalue weighted by Gasteiger charge is -2.02. The van der Waals surface area contributed by atoms with Gasteiger partial charge in [-0.3, -0.25) is 9.59 Å². The summed E-state index contributed by atoms with van der Waals surface area (Å²) in [5.74, 6) is 1.68. The zero-order valence-electron chi connectivity index (χ0n) is 11.8. The summed E-state index contributed by atoms with van der Waals surface area (Å²) < 4.78 is 9.25. The van der Waals surface area contributed by atoms with Crippen molar-refractivity contribution in [3.05, 3.63) is 24.2 Å². The van der Waals surface area contributed by atoms with Crippen molar-refractivity contribution < 1.29 is 14.0 Å². The number of rotatable bonds is 6. The Bertz CT molecular complexity index is 566. The number of nitrogens with one attached hydrogen (secondary N) is 2. The number of carbonyl (C=O) groups excluding carboxylic acids is 2. The minimum absolute atomic E-state index is 0.0206. The Morgan fingerprint density at radius 2 is 2.38 bits per heavy atom. The van der Waals surface area contributed by atoms with E-state index in [0.717, 1.165) is 11.5 Å². The first-order chi connectivity index (χ1) is 10.1. The number of nitrogens with zero attached hydrogens (tertiary/aromatic N) is 2. The second kappa shape index (κ2) is 7.72. The van der Waals surface area contributed by atoms with Crippen LogP contribution in [0.15, 0.2) is 32.4 Å². The third kappa shape index (κ3) is 5.50. The lowest BCUT2D eigenvalue weighted by molar-refractivity contribution is -0.121. The van der Waals surface area contributed by atoms with Gasteiger partial charge in [0.25, 0.3) is 0 Å². The predicted molar refractivity (Wildman–Crippen MR) is 80.6 cm³/mol. The average Bonchev–Trinajstić information content (AvgIpc) is 3.12. The Labute approximate surface area is 125 Å². The van der Waals surface area contributed by atoms with Gasteiger partial charge in [0.1, 0.15) is 5.76 Å². The average molecular weight is 310 g/mol. The number of furan rings is 1. The Hall–Kier alpha value is -1.96. The molecule has 1 fully saturated rings. The zero-order valence-corrected chi connectivity index (χ0v) is 12.6. The molecule has 1 aliphatic rings. The van der Waals surface area contributed by atoms with E-state index in [4.69, 9.17) is 4.42 Å². The first-order valence-electron chi connectivity index (χ1n) is 6.61. The molecule has 0 aliphatic carbocycles. The summed E-state index contributed by atoms with van der Waals surface area (Å²) in [6, 6.07) is 3.59. The maximum absolute atomic E-state index is 11.7. The van der Waals surface area contributed by atoms with E-state index < -0.39 is 0 Å². The molecule has 1 aliphatic heterocycles. The smallest absolute Gasteiger partial charge is 0.231 e. The highest BCUT2D eigenvalue weighted by Gasteiger charge is 2.14. The van der Waals surface area contributed by atoms with E-state index >= 15 is 0 Å². The van der Waals surface area contributed by atoms with E-state index in [0.29, 0.717) is 31.0 Å². The first kappa shape index (κ1) is 15.4. The minimum Gasteiger partial charge on any atom is -0.467 e. The van der Waals surface area contributed by atoms with Crippen LogP contribution in [0.1, 0.15) is 25.5 Å². The van der Waals surface area contributed by atoms with Gasteiger partial charge in [-0.25, -0.2) is 0 Å². The molecule has 0 saturated carbocycles. The highest BCUT2D eigenvalue weighted by molar-refractivity contribution is 7.88. The monoisotopic (exact) mass is 310 g/mol. The van der Waals surface area contributed by atoms with Crippen LogP contribution in [0.3, 0.4) is 0 Å². The SMILES string of the molecule is C/C(CCC(=O)NCc1ccco1)=N\N=S1\CNC(=O)C1. The fourth-order valence-corrected chi connectivity index (χ4v) is 2.84. The van der Waals surface area contributed by atoms with Crippen molar-refractivity contribution in [3.63, 3.8) is 0 Å². The van der Waals surface area contributed by atoms with Gasteiger partial charge in [0.15, 0.2) is 0 Å². The molecule has 114 valence electrons. The van der Waals surface area contributed by atoms with Crippen molar-refractivity contribution in [1.29, 1.82) is 0 Å². The summed E-state index contributed by atoms with van der Waals surface area (Å²) >= 11 is 0. The van der Waals surface area contributed by atoms with Crippen LogP contribution >= 0.6 is 0 Å². The number of amides is 2. The molecular weight excluding hydrogens is 292 g/mol. The molecule has 0 aromatic carbocycles. The molecular formula is C13H18N4O3S. The molecule has 1 unspecified atom stereocenters. The zero-order chi connectivity index (χ0) is 15.1. The fraction of sp³-hybridized carbons (Fsp3) is 0.462. The molecule has 2 heterocycles. The fourth-order valence-electron chi connectivity index (χ4n) is 1.63. The third-order valence-electron chi connectivity index (χ3n) is 2.81. The van der Waals surface area contributed by atoms with E-state index in [1.807, 2.05) is 13.0 Å². The van der Waals surface area contributed by atoms with Crippen LogP contribution in [0.25, 0.3) is 0 Å². The van der Waals surface area contributed by atoms with Crippen molar-refractivity contribution in [2.45, 2.75) is 26.3 Å². The van der Waals surface area contributed by atoms with Gasteiger partial charge in [0.05, 0.1) is 24.4 Å². The topological polar surface area (TPSA) is 96.1 Å². The van der Waals surface area contributed by atoms with Crippen LogP contribution in [0, 0.1) is 0 Å². The predicted octanol–water partition coefficient (Wildman–Crippen LogP) is 0.941. The molecule has 2 amide bonds. The summed E-state index contributed by atoms with van der Waals surface area (Å²) in [5.41, 5.74) is 0.787. The molecule has 8 heteroatoms. The summed E-state index contributed by atoms with van der Waals surface area (Å²) in [5, 5.41) is 9.57. The lowest BCUT2D eigenvalue weighted by Crippen LogP contribution is -2.22. The maximum Gasteiger partial charge on any atom is 0.231 e. The highest BCUT2D eigenvalue weighted by Crippen LogP contribution is 2.01. The van der Waals surface area contributed by atoms with Gasteiger partial charge in [0, 0.05) is 12.1 Å². The second-order valence-corrected chi connectivity index (χ2v) is 6.29. The Morgan fingerprint density at radius 1 is 1.52 bits per heavy atom. The number of hydrogen-bond donors (Lipinski definition) is 2. The quantitative estimate of drug-likeness (QED) is 0.604. The van der Waals surface area contributed by atoms with Crippen molar-refractivity contribution in [2.24, 2.45) is 9.57 Å². The molecule has 1 saturated heterocycles. The Morgan fingerprint density at radius 3 is 3.05 bits per heavy atom. The number of hydrogen-bond acceptors (Lipinski definition) is 4. The van der Waals surface area contributed by atoms with E-state index in [2.05, 4.69) is 20.2 Å². The van der Waals surface area contributed by atoms with Gasteiger partial charge in [-0.2, -0.15) is 5.10 Å². The van der Waals surface area contributed by atoms with Crippen molar-refractivity contribution in [3.8, 4) is 0 Å². The highest BCUT2D eigenvalue weighted by atomic mass is 32.2. The standard InChI is InChI=1S/C13H18N4O3S/c1-10(16-17-21-8-13(19)15-9-21)4-5-12(18)14-7-11-3-2-6-20-11/h2-3,6H,4-5,7-9H2,1H3,(H,14,18)(H,15,19)/b16-10+. The molecule has 1 atom stereocenters. The summed E-state index contributed by atoms with van der Waals surface area (Å²) in [6.07, 6.45) is 2.48. The van der Waals surface area contributed by atoms with E-state index in [-0.39, 0.29) is 22.5 Å². The van der Waals surface area contributed by atoms with Gasteiger partial charge in [-0.1, -0.05) is 0 Å². The maximum atomic E-state index is 11.7. The van der Waals surface area contributed by atoms with Crippen LogP contribution in [0.4, 0.5) is 0 Å². The van der Waals surface area contributed by atoms with Gasteiger partial charge in [-0.05, 0) is 36.2 Å². The van der Waals surface area contributed by atoms with Gasteiger partial charge < -0.3 is 15.1 Å². The normalized spacial score (nSPS) is 18.8. The molecule has 0 bridgehead atoms. The molecule has 2 rings (SSSR count). The van der Waals surface area contributed by atoms with E-state index in [1.165, 1.54) is 0 Å². The molecule has 2 N–H and O–H groups in total. The van der Waals surface area contributed by atoms with Crippen LogP contribution < -0.4 is 10.6 Å². The van der Waals surface area contributed by atoms with Crippen LogP contribution in [-0.4, -0.2) is 29.2 Å². The van der Waals surface area contributed by atoms with Crippen LogP contribution in [-0.2, 0) is 26.8 Å². The minimum atomic E-state index is -0.352. The van der Waals surface area contributed by atoms with Crippen LogP contribution in [0.2, 0.25) is 0 Å². The van der Waals surface area contributed by atoms with Gasteiger partial charge in [-0.15, -0.1) is 4.47 Å². The molecule has 0 radical (unpaired) electrons. The molecule has 1 aromatic rings. The first-order valence-corrected chi connectivity index (χ1v) is 8.13. The second-order valence-electron chi connectivity index (χ2n) is 4.62. The Kier molecular flexibility index (Phi) is 5.68. The molecule has 7 nitrogen and oxygen atoms in total. The molecule has 1 aromatic heterocycles. The third-order valence-corrected chi connectivity index (χ3v) is 4.20.